The Morgan fingerprint density at radius 2 is 1.72 bits per heavy atom. The molecule has 4 fully saturated rings. The molecule has 2 aliphatic heterocycles. The molecule has 2 unspecified atom stereocenters. The van der Waals surface area contributed by atoms with Crippen molar-refractivity contribution in [1.29, 1.82) is 0 Å². The lowest BCUT2D eigenvalue weighted by molar-refractivity contribution is -0.145. The van der Waals surface area contributed by atoms with Crippen molar-refractivity contribution in [2.75, 3.05) is 26.2 Å². The zero-order valence-electron chi connectivity index (χ0n) is 29.3. The van der Waals surface area contributed by atoms with E-state index in [2.05, 4.69) is 41.7 Å². The molecule has 0 radical (unpaired) electrons. The van der Waals surface area contributed by atoms with E-state index in [0.29, 0.717) is 32.5 Å². The highest BCUT2D eigenvalue weighted by Gasteiger charge is 2.70. The van der Waals surface area contributed by atoms with Gasteiger partial charge >= 0.3 is 6.03 Å². The molecule has 6 atom stereocenters. The van der Waals surface area contributed by atoms with Gasteiger partial charge in [0, 0.05) is 32.6 Å². The van der Waals surface area contributed by atoms with Gasteiger partial charge in [-0.05, 0) is 53.8 Å². The molecule has 12 heteroatoms. The molecule has 2 saturated heterocycles. The van der Waals surface area contributed by atoms with Crippen LogP contribution < -0.4 is 21.3 Å². The Morgan fingerprint density at radius 3 is 2.30 bits per heavy atom. The number of rotatable bonds is 14. The molecule has 6 amide bonds. The first-order valence-electron chi connectivity index (χ1n) is 17.4. The number of amides is 6. The summed E-state index contributed by atoms with van der Waals surface area (Å²) in [5.74, 6) is -1.91. The van der Waals surface area contributed by atoms with Crippen LogP contribution >= 0.6 is 0 Å². The number of carbonyl (C=O) groups excluding carboxylic acids is 6. The van der Waals surface area contributed by atoms with Crippen molar-refractivity contribution in [3.63, 3.8) is 0 Å². The molecule has 0 aromatic rings. The Balaban J connectivity index is 1.49. The van der Waals surface area contributed by atoms with Crippen LogP contribution in [0.15, 0.2) is 12.7 Å². The summed E-state index contributed by atoms with van der Waals surface area (Å²) < 4.78 is 0. The van der Waals surface area contributed by atoms with E-state index in [0.717, 1.165) is 25.7 Å². The number of nitrogens with zero attached hydrogens (tertiary/aromatic N) is 2. The van der Waals surface area contributed by atoms with Crippen LogP contribution in [-0.4, -0.2) is 95.6 Å². The number of carbonyl (C=O) groups is 6. The quantitative estimate of drug-likeness (QED) is 0.166. The van der Waals surface area contributed by atoms with Crippen molar-refractivity contribution < 1.29 is 28.8 Å². The third-order valence-corrected chi connectivity index (χ3v) is 10.6. The summed E-state index contributed by atoms with van der Waals surface area (Å²) in [7, 11) is 0. The van der Waals surface area contributed by atoms with E-state index in [1.807, 2.05) is 34.6 Å². The van der Waals surface area contributed by atoms with Crippen molar-refractivity contribution >= 4 is 35.4 Å². The predicted octanol–water partition coefficient (Wildman–Crippen LogP) is 2.38. The van der Waals surface area contributed by atoms with Crippen LogP contribution in [0.2, 0.25) is 0 Å². The van der Waals surface area contributed by atoms with Gasteiger partial charge in [0.05, 0.1) is 12.1 Å². The van der Waals surface area contributed by atoms with Crippen LogP contribution in [0.3, 0.4) is 0 Å². The number of likely N-dealkylation sites (tertiary alicyclic amines) is 2. The molecule has 0 bridgehead atoms. The second kappa shape index (κ2) is 14.4. The summed E-state index contributed by atoms with van der Waals surface area (Å²) in [5, 5.41) is 11.3. The molecule has 262 valence electrons. The van der Waals surface area contributed by atoms with Crippen molar-refractivity contribution in [2.24, 2.45) is 34.5 Å². The Labute approximate surface area is 279 Å². The molecule has 4 aliphatic rings. The van der Waals surface area contributed by atoms with Crippen LogP contribution in [-0.2, 0) is 24.0 Å². The van der Waals surface area contributed by atoms with Gasteiger partial charge in [-0.25, -0.2) is 4.79 Å². The van der Waals surface area contributed by atoms with E-state index in [1.54, 1.807) is 9.80 Å². The first-order valence-corrected chi connectivity index (χ1v) is 17.4. The van der Waals surface area contributed by atoms with E-state index in [-0.39, 0.29) is 53.5 Å². The van der Waals surface area contributed by atoms with Crippen LogP contribution in [0.25, 0.3) is 0 Å². The lowest BCUT2D eigenvalue weighted by Crippen LogP contribution is -2.62. The van der Waals surface area contributed by atoms with Crippen LogP contribution in [0.5, 0.6) is 0 Å². The van der Waals surface area contributed by atoms with Gasteiger partial charge in [0.15, 0.2) is 0 Å². The molecule has 0 aromatic carbocycles. The van der Waals surface area contributed by atoms with Gasteiger partial charge in [-0.1, -0.05) is 67.4 Å². The highest BCUT2D eigenvalue weighted by atomic mass is 16.2. The van der Waals surface area contributed by atoms with Gasteiger partial charge in [0.1, 0.15) is 12.1 Å². The summed E-state index contributed by atoms with van der Waals surface area (Å²) in [5.41, 5.74) is -0.865. The lowest BCUT2D eigenvalue weighted by Gasteiger charge is -2.38. The summed E-state index contributed by atoms with van der Waals surface area (Å²) >= 11 is 0. The average Bonchev–Trinajstić information content (AvgIpc) is 3.85. The van der Waals surface area contributed by atoms with Crippen molar-refractivity contribution in [3.8, 4) is 0 Å². The second-order valence-corrected chi connectivity index (χ2v) is 16.1. The fourth-order valence-electron chi connectivity index (χ4n) is 7.27. The van der Waals surface area contributed by atoms with Crippen molar-refractivity contribution in [1.82, 2.24) is 31.1 Å². The Bertz CT molecular complexity index is 1250. The predicted molar refractivity (Wildman–Crippen MR) is 178 cm³/mol. The van der Waals surface area contributed by atoms with Crippen LogP contribution in [0.1, 0.15) is 87.0 Å². The summed E-state index contributed by atoms with van der Waals surface area (Å²) in [6.07, 6.45) is 6.05. The molecule has 0 aromatic heterocycles. The normalized spacial score (nSPS) is 25.3. The Hall–Kier alpha value is -3.44. The highest BCUT2D eigenvalue weighted by Crippen LogP contribution is 2.65. The number of fused-ring (bicyclic) bond motifs is 1. The number of ketones is 1. The zero-order valence-corrected chi connectivity index (χ0v) is 29.3. The fourth-order valence-corrected chi connectivity index (χ4v) is 7.27. The minimum Gasteiger partial charge on any atom is -0.346 e. The molecule has 2 heterocycles. The minimum absolute atomic E-state index is 0.0467. The van der Waals surface area contributed by atoms with E-state index >= 15 is 0 Å². The third-order valence-electron chi connectivity index (χ3n) is 10.6. The van der Waals surface area contributed by atoms with Gasteiger partial charge in [-0.3, -0.25) is 24.0 Å². The molecule has 47 heavy (non-hydrogen) atoms. The molecule has 2 aliphatic carbocycles. The topological polar surface area (TPSA) is 157 Å². The molecular weight excluding hydrogens is 600 g/mol. The monoisotopic (exact) mass is 656 g/mol. The van der Waals surface area contributed by atoms with Gasteiger partial charge in [0.2, 0.25) is 23.5 Å². The van der Waals surface area contributed by atoms with E-state index < -0.39 is 47.2 Å². The first kappa shape index (κ1) is 36.4. The number of hydrogen-bond donors (Lipinski definition) is 4. The minimum atomic E-state index is -0.986. The van der Waals surface area contributed by atoms with Gasteiger partial charge < -0.3 is 31.1 Å². The van der Waals surface area contributed by atoms with E-state index in [4.69, 9.17) is 0 Å². The highest BCUT2D eigenvalue weighted by molar-refractivity contribution is 6.38. The first-order chi connectivity index (χ1) is 22.0. The molecule has 0 spiro atoms. The molecule has 4 rings (SSSR count). The van der Waals surface area contributed by atoms with Crippen molar-refractivity contribution in [3.05, 3.63) is 12.7 Å². The second-order valence-electron chi connectivity index (χ2n) is 16.1. The maximum absolute atomic E-state index is 14.3. The van der Waals surface area contributed by atoms with Gasteiger partial charge in [-0.2, -0.15) is 0 Å². The largest absolute Gasteiger partial charge is 0.346 e. The van der Waals surface area contributed by atoms with Crippen LogP contribution in [0, 0.1) is 34.5 Å². The van der Waals surface area contributed by atoms with Crippen LogP contribution in [0.4, 0.5) is 4.79 Å². The standard InChI is InChI=1S/C35H56N6O6/c1-9-15-36-31(45)28(43)23(17-21-13-14-21)37-30(44)27-26-22(35(26,7)8)18-41(27)32(46)29(34(4,5)6)39-33(47)38-24(20(2)3)19-40-16-11-10-12-25(40)42/h9,20-24,26-27,29H,1,10-19H2,2-8H3,(H,36,45)(H,37,44)(H2,38,39,47)/t22-,23?,24+,26-,27?,29+/m0/s1. The Morgan fingerprint density at radius 1 is 1.04 bits per heavy atom. The number of hydrogen-bond acceptors (Lipinski definition) is 6. The molecule has 4 N–H and O–H groups in total. The Kier molecular flexibility index (Phi) is 11.1. The number of urea groups is 1. The maximum atomic E-state index is 14.3. The van der Waals surface area contributed by atoms with Crippen molar-refractivity contribution in [2.45, 2.75) is 111 Å². The summed E-state index contributed by atoms with van der Waals surface area (Å²) in [4.78, 5) is 83.3. The summed E-state index contributed by atoms with van der Waals surface area (Å²) in [6.45, 7) is 18.8. The fraction of sp³-hybridized carbons (Fsp3) is 0.771. The summed E-state index contributed by atoms with van der Waals surface area (Å²) in [6, 6.07) is -3.59. The SMILES string of the molecule is C=CCNC(=O)C(=O)C(CC1CC1)NC(=O)C1[C@@H]2[C@H](CN1C(=O)[C@@H](NC(=O)N[C@H](CN1CCCCC1=O)C(C)C)C(C)(C)C)C2(C)C. The lowest BCUT2D eigenvalue weighted by atomic mass is 9.85. The average molecular weight is 657 g/mol. The van der Waals surface area contributed by atoms with E-state index in [1.165, 1.54) is 6.08 Å². The number of piperidine rings is 2. The van der Waals surface area contributed by atoms with Gasteiger partial charge in [-0.15, -0.1) is 6.58 Å². The molecule has 2 saturated carbocycles. The smallest absolute Gasteiger partial charge is 0.315 e. The molecule has 12 nitrogen and oxygen atoms in total. The number of nitrogens with one attached hydrogen (secondary N) is 4. The maximum Gasteiger partial charge on any atom is 0.315 e. The molecular formula is C35H56N6O6. The number of Topliss-reactive ketones (excluding diaryl/α,β-unsaturated/α-hetero) is 1. The van der Waals surface area contributed by atoms with Gasteiger partial charge in [0.25, 0.3) is 5.91 Å². The third kappa shape index (κ3) is 8.54. The zero-order chi connectivity index (χ0) is 34.8. The van der Waals surface area contributed by atoms with E-state index in [9.17, 15) is 28.8 Å².